The van der Waals surface area contributed by atoms with E-state index in [1.165, 1.54) is 0 Å². The molecule has 0 amide bonds. The Morgan fingerprint density at radius 2 is 1.89 bits per heavy atom. The fraction of sp³-hybridized carbons (Fsp3) is 0.500. The van der Waals surface area contributed by atoms with Gasteiger partial charge in [-0.3, -0.25) is 0 Å². The molecule has 0 bridgehead atoms. The first-order chi connectivity index (χ1) is 3.55. The van der Waals surface area contributed by atoms with Gasteiger partial charge in [-0.15, -0.1) is 0 Å². The van der Waals surface area contributed by atoms with Crippen molar-refractivity contribution in [3.8, 4) is 0 Å². The summed E-state index contributed by atoms with van der Waals surface area (Å²) >= 11 is 0. The van der Waals surface area contributed by atoms with Crippen LogP contribution >= 0.6 is 0 Å². The number of rotatable bonds is 2. The van der Waals surface area contributed by atoms with E-state index in [0.29, 0.717) is 0 Å². The summed E-state index contributed by atoms with van der Waals surface area (Å²) in [6.45, 7) is 6.96. The molecule has 2 nitrogen and oxygen atoms in total. The van der Waals surface area contributed by atoms with Crippen LogP contribution in [0, 0.1) is 5.92 Å². The van der Waals surface area contributed by atoms with E-state index in [-0.39, 0.29) is 41.0 Å². The molecule has 0 aromatic carbocycles. The number of aliphatic carboxylic acids is 1. The number of hydrogen-bond acceptors (Lipinski definition) is 1. The zero-order chi connectivity index (χ0) is 6.73. The van der Waals surface area contributed by atoms with Crippen molar-refractivity contribution < 1.29 is 9.90 Å². The second-order valence-electron chi connectivity index (χ2n) is 1.99. The van der Waals surface area contributed by atoms with Crippen LogP contribution in [0.1, 0.15) is 13.8 Å². The average Bonchev–Trinajstić information content (AvgIpc) is 1.64. The van der Waals surface area contributed by atoms with Crippen LogP contribution in [0.5, 0.6) is 0 Å². The quantitative estimate of drug-likeness (QED) is 0.449. The SMILES string of the molecule is C=C(C(=O)O)C(C)C.[NaH]. The molecule has 0 spiro atoms. The zero-order valence-corrected chi connectivity index (χ0v) is 5.14. The van der Waals surface area contributed by atoms with Gasteiger partial charge < -0.3 is 5.11 Å². The van der Waals surface area contributed by atoms with Gasteiger partial charge in [-0.2, -0.15) is 0 Å². The normalized spacial score (nSPS) is 8.33. The van der Waals surface area contributed by atoms with Crippen LogP contribution in [0.3, 0.4) is 0 Å². The summed E-state index contributed by atoms with van der Waals surface area (Å²) in [5, 5.41) is 8.25. The van der Waals surface area contributed by atoms with Gasteiger partial charge in [0.25, 0.3) is 0 Å². The molecule has 3 heteroatoms. The molecule has 0 aromatic heterocycles. The van der Waals surface area contributed by atoms with Gasteiger partial charge in [-0.1, -0.05) is 20.4 Å². The maximum absolute atomic E-state index is 10.0. The van der Waals surface area contributed by atoms with Crippen LogP contribution in [0.25, 0.3) is 0 Å². The van der Waals surface area contributed by atoms with Gasteiger partial charge in [0, 0.05) is 5.57 Å². The third-order valence-corrected chi connectivity index (χ3v) is 0.972. The van der Waals surface area contributed by atoms with Gasteiger partial charge in [-0.05, 0) is 5.92 Å². The van der Waals surface area contributed by atoms with Crippen molar-refractivity contribution in [2.24, 2.45) is 5.92 Å². The zero-order valence-electron chi connectivity index (χ0n) is 5.14. The predicted molar refractivity (Wildman–Crippen MR) is 38.8 cm³/mol. The second kappa shape index (κ2) is 5.03. The van der Waals surface area contributed by atoms with Gasteiger partial charge in [0.1, 0.15) is 0 Å². The van der Waals surface area contributed by atoms with E-state index in [2.05, 4.69) is 6.58 Å². The summed E-state index contributed by atoms with van der Waals surface area (Å²) in [6, 6.07) is 0. The Morgan fingerprint density at radius 1 is 1.56 bits per heavy atom. The summed E-state index contributed by atoms with van der Waals surface area (Å²) in [5.41, 5.74) is 0.269. The van der Waals surface area contributed by atoms with E-state index in [1.807, 2.05) is 0 Å². The minimum absolute atomic E-state index is 0. The maximum atomic E-state index is 10.0. The second-order valence-corrected chi connectivity index (χ2v) is 1.99. The van der Waals surface area contributed by atoms with Crippen molar-refractivity contribution in [2.75, 3.05) is 0 Å². The fourth-order valence-electron chi connectivity index (χ4n) is 0.247. The Hall–Kier alpha value is 0.210. The van der Waals surface area contributed by atoms with Crippen LogP contribution in [-0.4, -0.2) is 40.6 Å². The fourth-order valence-corrected chi connectivity index (χ4v) is 0.247. The van der Waals surface area contributed by atoms with Crippen molar-refractivity contribution >= 4 is 35.5 Å². The number of carboxylic acid groups (broad SMARTS) is 1. The van der Waals surface area contributed by atoms with E-state index in [1.54, 1.807) is 13.8 Å². The first kappa shape index (κ1) is 11.9. The molecular formula is C6H11NaO2. The summed E-state index contributed by atoms with van der Waals surface area (Å²) < 4.78 is 0. The monoisotopic (exact) mass is 138 g/mol. The van der Waals surface area contributed by atoms with Gasteiger partial charge in [0.05, 0.1) is 0 Å². The van der Waals surface area contributed by atoms with E-state index < -0.39 is 5.97 Å². The Balaban J connectivity index is 0. The number of carbonyl (C=O) groups is 1. The Bertz CT molecular complexity index is 118. The predicted octanol–water partition coefficient (Wildman–Crippen LogP) is 0.635. The Kier molecular flexibility index (Phi) is 6.68. The molecule has 0 rings (SSSR count). The summed E-state index contributed by atoms with van der Waals surface area (Å²) in [7, 11) is 0. The molecule has 48 valence electrons. The molecule has 1 N–H and O–H groups in total. The topological polar surface area (TPSA) is 37.3 Å². The molecule has 0 saturated heterocycles. The average molecular weight is 138 g/mol. The van der Waals surface area contributed by atoms with Crippen LogP contribution in [0.4, 0.5) is 0 Å². The standard InChI is InChI=1S/C6H10O2.Na.H/c1-4(2)5(3)6(7)8;;/h4H,3H2,1-2H3,(H,7,8);;. The molecule has 0 aromatic rings. The third kappa shape index (κ3) is 4.70. The molecule has 0 aliphatic carbocycles. The van der Waals surface area contributed by atoms with Crippen molar-refractivity contribution in [2.45, 2.75) is 13.8 Å². The molecule has 0 aliphatic heterocycles. The molecule has 0 radical (unpaired) electrons. The number of hydrogen-bond donors (Lipinski definition) is 1. The molecule has 0 aliphatic rings. The Morgan fingerprint density at radius 3 is 1.89 bits per heavy atom. The molecule has 0 heterocycles. The molecule has 0 unspecified atom stereocenters. The summed E-state index contributed by atoms with van der Waals surface area (Å²) in [4.78, 5) is 10.0. The van der Waals surface area contributed by atoms with E-state index in [9.17, 15) is 4.79 Å². The number of carboxylic acids is 1. The van der Waals surface area contributed by atoms with Crippen molar-refractivity contribution in [3.05, 3.63) is 12.2 Å². The van der Waals surface area contributed by atoms with Crippen molar-refractivity contribution in [1.29, 1.82) is 0 Å². The first-order valence-electron chi connectivity index (χ1n) is 2.47. The van der Waals surface area contributed by atoms with E-state index in [0.717, 1.165) is 0 Å². The van der Waals surface area contributed by atoms with Gasteiger partial charge in [0.2, 0.25) is 0 Å². The summed E-state index contributed by atoms with van der Waals surface area (Å²) in [5.74, 6) is -0.854. The van der Waals surface area contributed by atoms with Gasteiger partial charge in [-0.25, -0.2) is 4.79 Å². The molecule has 9 heavy (non-hydrogen) atoms. The third-order valence-electron chi connectivity index (χ3n) is 0.972. The van der Waals surface area contributed by atoms with Gasteiger partial charge >= 0.3 is 35.5 Å². The summed E-state index contributed by atoms with van der Waals surface area (Å²) in [6.07, 6.45) is 0. The molecule has 0 fully saturated rings. The molecule has 0 saturated carbocycles. The van der Waals surface area contributed by atoms with Gasteiger partial charge in [0.15, 0.2) is 0 Å². The van der Waals surface area contributed by atoms with Crippen LogP contribution < -0.4 is 0 Å². The Labute approximate surface area is 77.2 Å². The van der Waals surface area contributed by atoms with E-state index >= 15 is 0 Å². The first-order valence-corrected chi connectivity index (χ1v) is 2.47. The molecular weight excluding hydrogens is 127 g/mol. The van der Waals surface area contributed by atoms with E-state index in [4.69, 9.17) is 5.11 Å². The molecule has 0 atom stereocenters. The van der Waals surface area contributed by atoms with Crippen LogP contribution in [-0.2, 0) is 4.79 Å². The minimum atomic E-state index is -0.903. The van der Waals surface area contributed by atoms with Crippen LogP contribution in [0.15, 0.2) is 12.2 Å². The van der Waals surface area contributed by atoms with Crippen LogP contribution in [0.2, 0.25) is 0 Å². The van der Waals surface area contributed by atoms with Crippen molar-refractivity contribution in [1.82, 2.24) is 0 Å². The van der Waals surface area contributed by atoms with Crippen molar-refractivity contribution in [3.63, 3.8) is 0 Å².